The molecule has 0 fully saturated rings. The predicted octanol–water partition coefficient (Wildman–Crippen LogP) is 5.65. The zero-order valence-corrected chi connectivity index (χ0v) is 15.7. The Morgan fingerprint density at radius 1 is 0.926 bits per heavy atom. The van der Waals surface area contributed by atoms with Gasteiger partial charge in [0.2, 0.25) is 5.91 Å². The third-order valence-electron chi connectivity index (χ3n) is 5.24. The molecule has 1 aliphatic heterocycles. The van der Waals surface area contributed by atoms with E-state index in [9.17, 15) is 4.79 Å². The fraction of sp³-hybridized carbons (Fsp3) is 0.208. The minimum atomic E-state index is 0.0920. The summed E-state index contributed by atoms with van der Waals surface area (Å²) in [5.74, 6) is 0.0920. The van der Waals surface area contributed by atoms with Crippen molar-refractivity contribution in [3.8, 4) is 11.1 Å². The second-order valence-electron chi connectivity index (χ2n) is 7.18. The normalized spacial score (nSPS) is 18.7. The lowest BCUT2D eigenvalue weighted by molar-refractivity contribution is -0.117. The second-order valence-corrected chi connectivity index (χ2v) is 7.18. The van der Waals surface area contributed by atoms with Crippen LogP contribution in [0.25, 0.3) is 11.1 Å². The van der Waals surface area contributed by atoms with Crippen molar-refractivity contribution < 1.29 is 4.79 Å². The minimum Gasteiger partial charge on any atom is -0.378 e. The number of carbonyl (C=O) groups is 1. The summed E-state index contributed by atoms with van der Waals surface area (Å²) in [4.78, 5) is 14.2. The van der Waals surface area contributed by atoms with Crippen LogP contribution in [0.4, 0.5) is 11.4 Å². The molecule has 3 nitrogen and oxygen atoms in total. The molecule has 0 aliphatic carbocycles. The van der Waals surface area contributed by atoms with Crippen LogP contribution in [0, 0.1) is 0 Å². The lowest BCUT2D eigenvalue weighted by atomic mass is 9.89. The molecule has 3 aromatic rings. The predicted molar refractivity (Wildman–Crippen MR) is 112 cm³/mol. The van der Waals surface area contributed by atoms with Gasteiger partial charge in [0.15, 0.2) is 0 Å². The van der Waals surface area contributed by atoms with Gasteiger partial charge in [0, 0.05) is 24.3 Å². The Bertz CT molecular complexity index is 937. The Balaban J connectivity index is 1.79. The molecule has 1 amide bonds. The third kappa shape index (κ3) is 3.45. The van der Waals surface area contributed by atoms with E-state index in [4.69, 9.17) is 0 Å². The summed E-state index contributed by atoms with van der Waals surface area (Å²) < 4.78 is 0. The monoisotopic (exact) mass is 356 g/mol. The second kappa shape index (κ2) is 7.28. The van der Waals surface area contributed by atoms with E-state index in [0.717, 1.165) is 17.8 Å². The topological polar surface area (TPSA) is 32.3 Å². The van der Waals surface area contributed by atoms with Crippen molar-refractivity contribution in [2.75, 3.05) is 10.2 Å². The van der Waals surface area contributed by atoms with Gasteiger partial charge in [-0.15, -0.1) is 0 Å². The van der Waals surface area contributed by atoms with Gasteiger partial charge in [-0.25, -0.2) is 0 Å². The van der Waals surface area contributed by atoms with Crippen molar-refractivity contribution >= 4 is 17.3 Å². The Labute approximate surface area is 160 Å². The number of fused-ring (bicyclic) bond motifs is 1. The van der Waals surface area contributed by atoms with Gasteiger partial charge in [0.1, 0.15) is 0 Å². The number of amides is 1. The average Bonchev–Trinajstić information content (AvgIpc) is 2.69. The molecule has 3 heteroatoms. The highest BCUT2D eigenvalue weighted by molar-refractivity contribution is 5.94. The molecule has 27 heavy (non-hydrogen) atoms. The van der Waals surface area contributed by atoms with Crippen molar-refractivity contribution in [3.05, 3.63) is 84.4 Å². The van der Waals surface area contributed by atoms with Gasteiger partial charge in [-0.2, -0.15) is 0 Å². The first kappa shape index (κ1) is 17.3. The minimum absolute atomic E-state index is 0.0920. The van der Waals surface area contributed by atoms with Gasteiger partial charge in [-0.3, -0.25) is 4.79 Å². The molecule has 3 aromatic carbocycles. The zero-order chi connectivity index (χ0) is 18.8. The number of rotatable bonds is 3. The molecule has 0 bridgehead atoms. The van der Waals surface area contributed by atoms with Gasteiger partial charge < -0.3 is 10.2 Å². The van der Waals surface area contributed by atoms with Crippen LogP contribution in [0.15, 0.2) is 78.9 Å². The fourth-order valence-electron chi connectivity index (χ4n) is 4.03. The molecule has 0 unspecified atom stereocenters. The van der Waals surface area contributed by atoms with Crippen molar-refractivity contribution in [1.82, 2.24) is 0 Å². The van der Waals surface area contributed by atoms with Gasteiger partial charge in [-0.05, 0) is 54.3 Å². The van der Waals surface area contributed by atoms with E-state index in [0.29, 0.717) is 0 Å². The van der Waals surface area contributed by atoms with E-state index in [-0.39, 0.29) is 18.0 Å². The number of para-hydroxylation sites is 1. The molecule has 0 aromatic heterocycles. The largest absolute Gasteiger partial charge is 0.378 e. The molecule has 136 valence electrons. The molecule has 1 N–H and O–H groups in total. The molecule has 0 radical (unpaired) electrons. The van der Waals surface area contributed by atoms with Crippen LogP contribution in [-0.2, 0) is 4.79 Å². The number of carbonyl (C=O) groups excluding carboxylic acids is 1. The van der Waals surface area contributed by atoms with Crippen LogP contribution >= 0.6 is 0 Å². The Kier molecular flexibility index (Phi) is 4.68. The summed E-state index contributed by atoms with van der Waals surface area (Å²) in [6.07, 6.45) is 0.875. The number of hydrogen-bond donors (Lipinski definition) is 1. The molecular formula is C24H24N2O. The Morgan fingerprint density at radius 3 is 2.26 bits per heavy atom. The van der Waals surface area contributed by atoms with E-state index < -0.39 is 0 Å². The standard InChI is InChI=1S/C24H24N2O/c1-17-15-23(25-21-11-7-4-8-12-21)22-16-20(19-9-5-3-6-10-19)13-14-24(22)26(17)18(2)27/h3-14,16-17,23,25H,15H2,1-2H3/t17-,23+/m1/s1. The average molecular weight is 356 g/mol. The summed E-state index contributed by atoms with van der Waals surface area (Å²) in [5.41, 5.74) is 5.64. The molecule has 1 aliphatic rings. The SMILES string of the molecule is CC(=O)N1c2ccc(-c3ccccc3)cc2[C@@H](Nc2ccccc2)C[C@H]1C. The van der Waals surface area contributed by atoms with E-state index in [1.165, 1.54) is 16.7 Å². The first-order chi connectivity index (χ1) is 13.1. The maximum Gasteiger partial charge on any atom is 0.224 e. The van der Waals surface area contributed by atoms with Crippen LogP contribution in [0.3, 0.4) is 0 Å². The Morgan fingerprint density at radius 2 is 1.59 bits per heavy atom. The lowest BCUT2D eigenvalue weighted by Gasteiger charge is -2.39. The molecule has 4 rings (SSSR count). The van der Waals surface area contributed by atoms with Gasteiger partial charge >= 0.3 is 0 Å². The molecule has 2 atom stereocenters. The van der Waals surface area contributed by atoms with Crippen molar-refractivity contribution in [1.29, 1.82) is 0 Å². The number of benzene rings is 3. The summed E-state index contributed by atoms with van der Waals surface area (Å²) in [7, 11) is 0. The number of nitrogens with zero attached hydrogens (tertiary/aromatic N) is 1. The number of nitrogens with one attached hydrogen (secondary N) is 1. The highest BCUT2D eigenvalue weighted by atomic mass is 16.2. The van der Waals surface area contributed by atoms with Crippen molar-refractivity contribution in [2.45, 2.75) is 32.4 Å². The third-order valence-corrected chi connectivity index (χ3v) is 5.24. The maximum atomic E-state index is 12.3. The summed E-state index contributed by atoms with van der Waals surface area (Å²) >= 11 is 0. The first-order valence-corrected chi connectivity index (χ1v) is 9.44. The summed E-state index contributed by atoms with van der Waals surface area (Å²) in [6.45, 7) is 3.77. The quantitative estimate of drug-likeness (QED) is 0.657. The van der Waals surface area contributed by atoms with Crippen LogP contribution in [-0.4, -0.2) is 11.9 Å². The smallest absolute Gasteiger partial charge is 0.224 e. The highest BCUT2D eigenvalue weighted by Crippen LogP contribution is 2.41. The lowest BCUT2D eigenvalue weighted by Crippen LogP contribution is -2.43. The van der Waals surface area contributed by atoms with Gasteiger partial charge in [-0.1, -0.05) is 54.6 Å². The van der Waals surface area contributed by atoms with Gasteiger partial charge in [0.25, 0.3) is 0 Å². The van der Waals surface area contributed by atoms with E-state index in [1.807, 2.05) is 29.2 Å². The van der Waals surface area contributed by atoms with Gasteiger partial charge in [0.05, 0.1) is 6.04 Å². The molecule has 0 spiro atoms. The van der Waals surface area contributed by atoms with Crippen LogP contribution in [0.2, 0.25) is 0 Å². The maximum absolute atomic E-state index is 12.3. The van der Waals surface area contributed by atoms with Crippen molar-refractivity contribution in [3.63, 3.8) is 0 Å². The van der Waals surface area contributed by atoms with E-state index in [2.05, 4.69) is 66.8 Å². The van der Waals surface area contributed by atoms with E-state index >= 15 is 0 Å². The fourth-order valence-corrected chi connectivity index (χ4v) is 4.03. The Hall–Kier alpha value is -3.07. The zero-order valence-electron chi connectivity index (χ0n) is 15.7. The van der Waals surface area contributed by atoms with E-state index in [1.54, 1.807) is 6.92 Å². The highest BCUT2D eigenvalue weighted by Gasteiger charge is 2.32. The van der Waals surface area contributed by atoms with Crippen LogP contribution in [0.1, 0.15) is 31.9 Å². The van der Waals surface area contributed by atoms with Crippen LogP contribution < -0.4 is 10.2 Å². The number of anilines is 2. The van der Waals surface area contributed by atoms with Crippen LogP contribution in [0.5, 0.6) is 0 Å². The van der Waals surface area contributed by atoms with Crippen molar-refractivity contribution in [2.24, 2.45) is 0 Å². The molecule has 1 heterocycles. The summed E-state index contributed by atoms with van der Waals surface area (Å²) in [6, 6.07) is 27.4. The number of hydrogen-bond acceptors (Lipinski definition) is 2. The first-order valence-electron chi connectivity index (χ1n) is 9.44. The molecular weight excluding hydrogens is 332 g/mol. The molecule has 0 saturated carbocycles. The molecule has 0 saturated heterocycles. The summed E-state index contributed by atoms with van der Waals surface area (Å²) in [5, 5.41) is 3.67.